The van der Waals surface area contributed by atoms with Crippen molar-refractivity contribution in [2.75, 3.05) is 7.11 Å². The quantitative estimate of drug-likeness (QED) is 0.667. The molecule has 0 saturated heterocycles. The topological polar surface area (TPSA) is 45.9 Å². The highest BCUT2D eigenvalue weighted by molar-refractivity contribution is 9.10. The Hall–Kier alpha value is -1.22. The van der Waals surface area contributed by atoms with Gasteiger partial charge in [0.1, 0.15) is 5.75 Å². The fourth-order valence-electron chi connectivity index (χ4n) is 1.41. The van der Waals surface area contributed by atoms with Crippen molar-refractivity contribution in [2.45, 2.75) is 17.6 Å². The normalized spacial score (nSPS) is 9.29. The van der Waals surface area contributed by atoms with Crippen LogP contribution in [0.1, 0.15) is 12.5 Å². The van der Waals surface area contributed by atoms with Crippen LogP contribution in [0.2, 0.25) is 5.02 Å². The molecule has 110 valence electrons. The number of thioether (sulfide) groups is 1. The Balaban J connectivity index is 0.000000677. The first-order chi connectivity index (χ1) is 10.1. The van der Waals surface area contributed by atoms with E-state index in [-0.39, 0.29) is 0 Å². The van der Waals surface area contributed by atoms with Gasteiger partial charge in [0.2, 0.25) is 0 Å². The third-order valence-electron chi connectivity index (χ3n) is 2.35. The minimum atomic E-state index is 0.669. The lowest BCUT2D eigenvalue weighted by Gasteiger charge is -2.06. The highest BCUT2D eigenvalue weighted by Crippen LogP contribution is 2.35. The van der Waals surface area contributed by atoms with Gasteiger partial charge in [0.15, 0.2) is 0 Å². The lowest BCUT2D eigenvalue weighted by atomic mass is 10.2. The van der Waals surface area contributed by atoms with Crippen LogP contribution in [0.5, 0.6) is 5.75 Å². The molecule has 0 atom stereocenters. The van der Waals surface area contributed by atoms with Gasteiger partial charge in [-0.1, -0.05) is 23.7 Å². The third kappa shape index (κ3) is 5.96. The Bertz CT molecular complexity index is 594. The molecule has 1 aromatic heterocycles. The average molecular weight is 386 g/mol. The smallest absolute Gasteiger partial charge is 0.118 e. The number of rotatable bonds is 4. The van der Waals surface area contributed by atoms with Crippen molar-refractivity contribution in [3.8, 4) is 11.8 Å². The van der Waals surface area contributed by atoms with Gasteiger partial charge in [-0.25, -0.2) is 0 Å². The average Bonchev–Trinajstić information content (AvgIpc) is 2.48. The molecular weight excluding hydrogens is 372 g/mol. The van der Waals surface area contributed by atoms with Crippen LogP contribution < -0.4 is 4.74 Å². The lowest BCUT2D eigenvalue weighted by molar-refractivity contribution is 0.414. The maximum absolute atomic E-state index is 7.32. The molecule has 6 heteroatoms. The number of aromatic nitrogens is 1. The van der Waals surface area contributed by atoms with E-state index in [2.05, 4.69) is 33.0 Å². The van der Waals surface area contributed by atoms with Gasteiger partial charge < -0.3 is 4.74 Å². The van der Waals surface area contributed by atoms with Crippen LogP contribution in [0, 0.1) is 11.3 Å². The minimum Gasteiger partial charge on any atom is -0.497 e. The summed E-state index contributed by atoms with van der Waals surface area (Å²) in [4.78, 5) is 5.03. The van der Waals surface area contributed by atoms with Gasteiger partial charge in [-0.05, 0) is 33.6 Å². The molecule has 2 rings (SSSR count). The molecule has 0 spiro atoms. The molecule has 2 aromatic rings. The second-order valence-electron chi connectivity index (χ2n) is 3.79. The maximum atomic E-state index is 7.32. The number of pyridine rings is 1. The molecule has 0 saturated carbocycles. The molecule has 0 aliphatic rings. The zero-order valence-corrected chi connectivity index (χ0v) is 14.8. The van der Waals surface area contributed by atoms with Gasteiger partial charge in [-0.3, -0.25) is 4.98 Å². The van der Waals surface area contributed by atoms with Crippen LogP contribution in [-0.4, -0.2) is 12.1 Å². The maximum Gasteiger partial charge on any atom is 0.118 e. The largest absolute Gasteiger partial charge is 0.497 e. The SMILES string of the molecule is CC#N.COc1ccc(CSc2c(Cl)cncc2Br)cc1. The van der Waals surface area contributed by atoms with Crippen LogP contribution in [0.15, 0.2) is 46.0 Å². The molecule has 0 aliphatic heterocycles. The van der Waals surface area contributed by atoms with Crippen molar-refractivity contribution < 1.29 is 4.74 Å². The van der Waals surface area contributed by atoms with E-state index in [0.717, 1.165) is 20.9 Å². The zero-order valence-electron chi connectivity index (χ0n) is 11.6. The van der Waals surface area contributed by atoms with Crippen LogP contribution in [0.4, 0.5) is 0 Å². The lowest BCUT2D eigenvalue weighted by Crippen LogP contribution is -1.86. The summed E-state index contributed by atoms with van der Waals surface area (Å²) in [7, 11) is 1.66. The molecular formula is C15H14BrClN2OS. The molecule has 21 heavy (non-hydrogen) atoms. The van der Waals surface area contributed by atoms with Gasteiger partial charge in [0.05, 0.1) is 22.7 Å². The van der Waals surface area contributed by atoms with Crippen molar-refractivity contribution in [2.24, 2.45) is 0 Å². The standard InChI is InChI=1S/C13H11BrClNOS.C2H3N/c1-17-10-4-2-9(3-5-10)8-18-13-11(14)6-16-7-12(13)15;1-2-3/h2-7H,8H2,1H3;1H3. The number of methoxy groups -OCH3 is 1. The van der Waals surface area contributed by atoms with E-state index in [9.17, 15) is 0 Å². The Labute approximate surface area is 142 Å². The summed E-state index contributed by atoms with van der Waals surface area (Å²) in [6.45, 7) is 1.43. The Morgan fingerprint density at radius 1 is 1.33 bits per heavy atom. The van der Waals surface area contributed by atoms with E-state index in [0.29, 0.717) is 5.02 Å². The predicted molar refractivity (Wildman–Crippen MR) is 90.8 cm³/mol. The number of hydrogen-bond acceptors (Lipinski definition) is 4. The summed E-state index contributed by atoms with van der Waals surface area (Å²) in [5.41, 5.74) is 1.22. The van der Waals surface area contributed by atoms with Gasteiger partial charge in [0, 0.05) is 30.0 Å². The van der Waals surface area contributed by atoms with E-state index in [1.807, 2.05) is 12.1 Å². The van der Waals surface area contributed by atoms with Gasteiger partial charge in [-0.15, -0.1) is 11.8 Å². The molecule has 0 N–H and O–H groups in total. The summed E-state index contributed by atoms with van der Waals surface area (Å²) in [6, 6.07) is 9.77. The van der Waals surface area contributed by atoms with Crippen molar-refractivity contribution in [3.05, 3.63) is 51.7 Å². The molecule has 0 unspecified atom stereocenters. The number of nitriles is 1. The van der Waals surface area contributed by atoms with E-state index in [1.54, 1.807) is 37.3 Å². The monoisotopic (exact) mass is 384 g/mol. The highest BCUT2D eigenvalue weighted by Gasteiger charge is 2.06. The molecule has 1 heterocycles. The highest BCUT2D eigenvalue weighted by atomic mass is 79.9. The van der Waals surface area contributed by atoms with Crippen molar-refractivity contribution in [3.63, 3.8) is 0 Å². The predicted octanol–water partition coefficient (Wildman–Crippen LogP) is 5.33. The molecule has 1 aromatic carbocycles. The number of benzene rings is 1. The summed E-state index contributed by atoms with van der Waals surface area (Å²) in [6.07, 6.45) is 3.41. The van der Waals surface area contributed by atoms with E-state index < -0.39 is 0 Å². The van der Waals surface area contributed by atoms with Crippen molar-refractivity contribution in [1.29, 1.82) is 5.26 Å². The third-order valence-corrected chi connectivity index (χ3v) is 4.82. The van der Waals surface area contributed by atoms with E-state index in [1.165, 1.54) is 12.5 Å². The Morgan fingerprint density at radius 2 is 1.95 bits per heavy atom. The van der Waals surface area contributed by atoms with Crippen molar-refractivity contribution >= 4 is 39.3 Å². The molecule has 0 bridgehead atoms. The summed E-state index contributed by atoms with van der Waals surface area (Å²) in [5.74, 6) is 1.72. The number of halogens is 2. The first-order valence-electron chi connectivity index (χ1n) is 5.98. The Kier molecular flexibility index (Phi) is 8.21. The summed E-state index contributed by atoms with van der Waals surface area (Å²) in [5, 5.41) is 7.99. The van der Waals surface area contributed by atoms with Gasteiger partial charge >= 0.3 is 0 Å². The Morgan fingerprint density at radius 3 is 2.48 bits per heavy atom. The number of hydrogen-bond donors (Lipinski definition) is 0. The van der Waals surface area contributed by atoms with Crippen LogP contribution >= 0.6 is 39.3 Å². The van der Waals surface area contributed by atoms with Crippen molar-refractivity contribution in [1.82, 2.24) is 4.98 Å². The number of ether oxygens (including phenoxy) is 1. The van der Waals surface area contributed by atoms with Gasteiger partial charge in [0.25, 0.3) is 0 Å². The molecule has 3 nitrogen and oxygen atoms in total. The van der Waals surface area contributed by atoms with E-state index >= 15 is 0 Å². The zero-order chi connectivity index (χ0) is 15.7. The number of nitrogens with zero attached hydrogens (tertiary/aromatic N) is 2. The second-order valence-corrected chi connectivity index (χ2v) is 6.04. The molecule has 0 fully saturated rings. The fourth-order valence-corrected chi connectivity index (χ4v) is 3.41. The second kappa shape index (κ2) is 9.67. The summed E-state index contributed by atoms with van der Waals surface area (Å²) < 4.78 is 6.05. The minimum absolute atomic E-state index is 0.669. The van der Waals surface area contributed by atoms with Crippen LogP contribution in [0.25, 0.3) is 0 Å². The first-order valence-corrected chi connectivity index (χ1v) is 8.13. The van der Waals surface area contributed by atoms with Crippen LogP contribution in [-0.2, 0) is 5.75 Å². The van der Waals surface area contributed by atoms with E-state index in [4.69, 9.17) is 21.6 Å². The van der Waals surface area contributed by atoms with Gasteiger partial charge in [-0.2, -0.15) is 5.26 Å². The molecule has 0 radical (unpaired) electrons. The first kappa shape index (κ1) is 17.8. The summed E-state index contributed by atoms with van der Waals surface area (Å²) >= 11 is 11.2. The molecule has 0 aliphatic carbocycles. The molecule has 0 amide bonds. The fraction of sp³-hybridized carbons (Fsp3) is 0.200. The van der Waals surface area contributed by atoms with Crippen LogP contribution in [0.3, 0.4) is 0 Å².